The quantitative estimate of drug-likeness (QED) is 0.488. The highest BCUT2D eigenvalue weighted by Crippen LogP contribution is 2.25. The van der Waals surface area contributed by atoms with E-state index >= 15 is 0 Å². The molecular formula is C20H19N5O2. The molecule has 1 aliphatic carbocycles. The topological polar surface area (TPSA) is 100 Å². The molecule has 3 aromatic rings. The van der Waals surface area contributed by atoms with Gasteiger partial charge in [-0.15, -0.1) is 0 Å². The number of carbonyl (C=O) groups excluding carboxylic acids is 1. The van der Waals surface area contributed by atoms with Gasteiger partial charge in [0.25, 0.3) is 5.91 Å². The average Bonchev–Trinajstić information content (AvgIpc) is 2.73. The predicted octanol–water partition coefficient (Wildman–Crippen LogP) is 2.63. The Balaban J connectivity index is 1.51. The maximum atomic E-state index is 11.6. The fourth-order valence-corrected chi connectivity index (χ4v) is 3.37. The highest BCUT2D eigenvalue weighted by molar-refractivity contribution is 5.93. The van der Waals surface area contributed by atoms with E-state index in [9.17, 15) is 4.79 Å². The molecule has 2 heterocycles. The van der Waals surface area contributed by atoms with Crippen molar-refractivity contribution in [1.82, 2.24) is 20.4 Å². The van der Waals surface area contributed by atoms with Crippen molar-refractivity contribution in [3.05, 3.63) is 71.7 Å². The van der Waals surface area contributed by atoms with Crippen molar-refractivity contribution in [3.63, 3.8) is 0 Å². The molecule has 0 saturated carbocycles. The number of rotatable bonds is 4. The number of aryl methyl sites for hydroxylation is 1. The zero-order chi connectivity index (χ0) is 18.6. The molecule has 1 atom stereocenters. The Morgan fingerprint density at radius 3 is 2.89 bits per heavy atom. The lowest BCUT2D eigenvalue weighted by Crippen LogP contribution is -2.29. The van der Waals surface area contributed by atoms with Gasteiger partial charge in [0, 0.05) is 35.8 Å². The van der Waals surface area contributed by atoms with Gasteiger partial charge < -0.3 is 5.32 Å². The summed E-state index contributed by atoms with van der Waals surface area (Å²) in [7, 11) is 0. The molecule has 0 saturated heterocycles. The highest BCUT2D eigenvalue weighted by atomic mass is 16.5. The van der Waals surface area contributed by atoms with Crippen molar-refractivity contribution in [2.75, 3.05) is 5.32 Å². The lowest BCUT2D eigenvalue weighted by Gasteiger charge is -2.26. The van der Waals surface area contributed by atoms with Gasteiger partial charge in [0.2, 0.25) is 5.95 Å². The van der Waals surface area contributed by atoms with Crippen molar-refractivity contribution >= 4 is 11.9 Å². The molecule has 0 spiro atoms. The van der Waals surface area contributed by atoms with Crippen LogP contribution in [-0.2, 0) is 12.8 Å². The van der Waals surface area contributed by atoms with Crippen LogP contribution in [-0.4, -0.2) is 32.1 Å². The first-order valence-corrected chi connectivity index (χ1v) is 8.79. The molecule has 4 rings (SSSR count). The number of nitrogens with zero attached hydrogens (tertiary/aromatic N) is 3. The molecule has 1 aliphatic rings. The van der Waals surface area contributed by atoms with E-state index in [1.165, 1.54) is 5.56 Å². The van der Waals surface area contributed by atoms with Crippen molar-refractivity contribution in [2.45, 2.75) is 25.3 Å². The molecule has 2 aromatic heterocycles. The van der Waals surface area contributed by atoms with E-state index in [-0.39, 0.29) is 6.04 Å². The third kappa shape index (κ3) is 3.78. The summed E-state index contributed by atoms with van der Waals surface area (Å²) in [5, 5.41) is 12.2. The second-order valence-electron chi connectivity index (χ2n) is 6.52. The van der Waals surface area contributed by atoms with Crippen LogP contribution < -0.4 is 10.8 Å². The van der Waals surface area contributed by atoms with E-state index in [2.05, 4.69) is 20.3 Å². The van der Waals surface area contributed by atoms with Crippen LogP contribution >= 0.6 is 0 Å². The summed E-state index contributed by atoms with van der Waals surface area (Å²) in [6.07, 6.45) is 7.88. The Bertz CT molecular complexity index is 962. The van der Waals surface area contributed by atoms with Gasteiger partial charge >= 0.3 is 0 Å². The second-order valence-corrected chi connectivity index (χ2v) is 6.52. The molecule has 7 heteroatoms. The maximum absolute atomic E-state index is 11.6. The van der Waals surface area contributed by atoms with Crippen LogP contribution in [0.15, 0.2) is 55.0 Å². The first kappa shape index (κ1) is 17.1. The number of aromatic nitrogens is 3. The van der Waals surface area contributed by atoms with Gasteiger partial charge in [0.1, 0.15) is 0 Å². The van der Waals surface area contributed by atoms with Gasteiger partial charge in [-0.05, 0) is 60.7 Å². The van der Waals surface area contributed by atoms with E-state index in [0.29, 0.717) is 11.5 Å². The van der Waals surface area contributed by atoms with Crippen molar-refractivity contribution < 1.29 is 10.0 Å². The number of anilines is 1. The van der Waals surface area contributed by atoms with Crippen LogP contribution in [0.3, 0.4) is 0 Å². The molecule has 1 aromatic carbocycles. The minimum atomic E-state index is -0.500. The maximum Gasteiger partial charge on any atom is 0.274 e. The van der Waals surface area contributed by atoms with Gasteiger partial charge in [-0.2, -0.15) is 0 Å². The fraction of sp³-hybridized carbons (Fsp3) is 0.200. The molecule has 1 amide bonds. The first-order valence-electron chi connectivity index (χ1n) is 8.79. The molecule has 0 bridgehead atoms. The molecule has 3 N–H and O–H groups in total. The SMILES string of the molecule is O=C(NO)c1ccc2c(c1)C[C@@H](Nc1nccc(-c3cccnc3)n1)CC2. The van der Waals surface area contributed by atoms with Gasteiger partial charge in [0.05, 0.1) is 5.69 Å². The summed E-state index contributed by atoms with van der Waals surface area (Å²) in [5.74, 6) is 0.0782. The van der Waals surface area contributed by atoms with Gasteiger partial charge in [-0.1, -0.05) is 6.07 Å². The first-order chi connectivity index (χ1) is 13.2. The summed E-state index contributed by atoms with van der Waals surface area (Å²) in [6.45, 7) is 0. The summed E-state index contributed by atoms with van der Waals surface area (Å²) < 4.78 is 0. The Hall–Kier alpha value is -3.32. The Labute approximate surface area is 156 Å². The van der Waals surface area contributed by atoms with E-state index in [1.54, 1.807) is 30.1 Å². The number of carbonyl (C=O) groups is 1. The Morgan fingerprint density at radius 1 is 1.15 bits per heavy atom. The minimum absolute atomic E-state index is 0.175. The highest BCUT2D eigenvalue weighted by Gasteiger charge is 2.20. The molecule has 0 fully saturated rings. The average molecular weight is 361 g/mol. The number of hydroxylamine groups is 1. The van der Waals surface area contributed by atoms with E-state index in [0.717, 1.165) is 36.1 Å². The monoisotopic (exact) mass is 361 g/mol. The number of nitrogens with one attached hydrogen (secondary N) is 2. The molecule has 0 unspecified atom stereocenters. The van der Waals surface area contributed by atoms with Gasteiger partial charge in [0.15, 0.2) is 0 Å². The van der Waals surface area contributed by atoms with Crippen LogP contribution in [0, 0.1) is 0 Å². The number of benzene rings is 1. The molecule has 0 radical (unpaired) electrons. The molecule has 0 aliphatic heterocycles. The summed E-state index contributed by atoms with van der Waals surface area (Å²) in [6, 6.07) is 11.4. The van der Waals surface area contributed by atoms with Crippen LogP contribution in [0.25, 0.3) is 11.3 Å². The van der Waals surface area contributed by atoms with Crippen molar-refractivity contribution in [2.24, 2.45) is 0 Å². The lowest BCUT2D eigenvalue weighted by atomic mass is 9.87. The second kappa shape index (κ2) is 7.51. The summed E-state index contributed by atoms with van der Waals surface area (Å²) in [4.78, 5) is 24.7. The van der Waals surface area contributed by atoms with Gasteiger partial charge in [-0.3, -0.25) is 15.0 Å². The Morgan fingerprint density at radius 2 is 2.07 bits per heavy atom. The van der Waals surface area contributed by atoms with Crippen LogP contribution in [0.5, 0.6) is 0 Å². The van der Waals surface area contributed by atoms with E-state index < -0.39 is 5.91 Å². The number of hydrogen-bond acceptors (Lipinski definition) is 6. The summed E-state index contributed by atoms with van der Waals surface area (Å²) in [5.41, 5.74) is 6.22. The van der Waals surface area contributed by atoms with Gasteiger partial charge in [-0.25, -0.2) is 15.4 Å². The molecule has 7 nitrogen and oxygen atoms in total. The van der Waals surface area contributed by atoms with E-state index in [1.807, 2.05) is 30.3 Å². The number of fused-ring (bicyclic) bond motifs is 1. The summed E-state index contributed by atoms with van der Waals surface area (Å²) >= 11 is 0. The third-order valence-corrected chi connectivity index (χ3v) is 4.74. The van der Waals surface area contributed by atoms with E-state index in [4.69, 9.17) is 5.21 Å². The van der Waals surface area contributed by atoms with Crippen molar-refractivity contribution in [1.29, 1.82) is 0 Å². The molecular weight excluding hydrogens is 342 g/mol. The standard InChI is InChI=1S/C20H19N5O2/c26-19(25-27)14-4-3-13-5-6-17(11-16(13)10-14)23-20-22-9-7-18(24-20)15-2-1-8-21-12-15/h1-4,7-10,12,17,27H,5-6,11H2,(H,25,26)(H,22,23,24)/t17-/m0/s1. The largest absolute Gasteiger partial charge is 0.351 e. The third-order valence-electron chi connectivity index (χ3n) is 4.74. The minimum Gasteiger partial charge on any atom is -0.351 e. The predicted molar refractivity (Wildman–Crippen MR) is 100 cm³/mol. The zero-order valence-corrected chi connectivity index (χ0v) is 14.6. The van der Waals surface area contributed by atoms with Crippen molar-refractivity contribution in [3.8, 4) is 11.3 Å². The smallest absolute Gasteiger partial charge is 0.274 e. The van der Waals surface area contributed by atoms with Crippen LogP contribution in [0.1, 0.15) is 27.9 Å². The van der Waals surface area contributed by atoms with Crippen LogP contribution in [0.2, 0.25) is 0 Å². The number of hydrogen-bond donors (Lipinski definition) is 3. The normalized spacial score (nSPS) is 15.7. The Kier molecular flexibility index (Phi) is 4.76. The zero-order valence-electron chi connectivity index (χ0n) is 14.6. The van der Waals surface area contributed by atoms with Crippen LogP contribution in [0.4, 0.5) is 5.95 Å². The molecule has 27 heavy (non-hydrogen) atoms. The lowest BCUT2D eigenvalue weighted by molar-refractivity contribution is 0.0706. The number of pyridine rings is 1. The number of amides is 1. The molecule has 136 valence electrons. The fourth-order valence-electron chi connectivity index (χ4n) is 3.37.